The van der Waals surface area contributed by atoms with Crippen LogP contribution in [0.4, 0.5) is 0 Å². The molecule has 0 saturated carbocycles. The fraction of sp³-hybridized carbons (Fsp3) is 0.0667. The highest BCUT2D eigenvalue weighted by Crippen LogP contribution is 2.51. The molecule has 1 aliphatic rings. The molecule has 10 rings (SSSR count). The summed E-state index contributed by atoms with van der Waals surface area (Å²) in [7, 11) is 0. The van der Waals surface area contributed by atoms with Crippen LogP contribution in [0.5, 0.6) is 0 Å². The van der Waals surface area contributed by atoms with Crippen molar-refractivity contribution in [3.05, 3.63) is 157 Å². The fourth-order valence-corrected chi connectivity index (χ4v) is 8.36. The molecule has 1 aliphatic carbocycles. The highest BCUT2D eigenvalue weighted by atomic mass is 16.3. The molecule has 0 bridgehead atoms. The van der Waals surface area contributed by atoms with Crippen LogP contribution in [0.2, 0.25) is 0 Å². The Morgan fingerprint density at radius 3 is 1.70 bits per heavy atom. The maximum atomic E-state index is 6.48. The van der Waals surface area contributed by atoms with Crippen molar-refractivity contribution in [2.45, 2.75) is 19.3 Å². The molecule has 0 fully saturated rings. The van der Waals surface area contributed by atoms with Gasteiger partial charge in [-0.05, 0) is 89.6 Å². The highest BCUT2D eigenvalue weighted by Gasteiger charge is 2.35. The van der Waals surface area contributed by atoms with Gasteiger partial charge in [0, 0.05) is 21.6 Å². The Balaban J connectivity index is 1.28. The Morgan fingerprint density at radius 1 is 0.391 bits per heavy atom. The number of hydrogen-bond acceptors (Lipinski definition) is 1. The van der Waals surface area contributed by atoms with Crippen molar-refractivity contribution in [1.82, 2.24) is 0 Å². The molecule has 0 saturated heterocycles. The fourth-order valence-electron chi connectivity index (χ4n) is 8.36. The first kappa shape index (κ1) is 25.6. The van der Waals surface area contributed by atoms with Crippen molar-refractivity contribution in [3.8, 4) is 33.4 Å². The van der Waals surface area contributed by atoms with Gasteiger partial charge in [0.2, 0.25) is 0 Å². The smallest absolute Gasteiger partial charge is 0.143 e. The summed E-state index contributed by atoms with van der Waals surface area (Å²) >= 11 is 0. The van der Waals surface area contributed by atoms with E-state index in [2.05, 4.69) is 153 Å². The predicted octanol–water partition coefficient (Wildman–Crippen LogP) is 12.7. The molecule has 216 valence electrons. The number of rotatable bonds is 2. The standard InChI is InChI=1S/C45H30O/c1-45(2)39-20-9-7-12-29(39)38-26-27(22-25-40(38)45)42-32-14-3-5-16-34(32)43(35-17-6-4-15-33(35)42)31-18-11-19-36-28(31)23-24-37-30-13-8-10-21-41(30)46-44(36)37/h3-26H,1-2H3. The maximum absolute atomic E-state index is 6.48. The average molecular weight is 587 g/mol. The van der Waals surface area contributed by atoms with Crippen LogP contribution in [-0.2, 0) is 5.41 Å². The van der Waals surface area contributed by atoms with Gasteiger partial charge < -0.3 is 4.42 Å². The summed E-state index contributed by atoms with van der Waals surface area (Å²) in [5.74, 6) is 0. The lowest BCUT2D eigenvalue weighted by molar-refractivity contribution is 0.660. The molecule has 46 heavy (non-hydrogen) atoms. The van der Waals surface area contributed by atoms with E-state index in [1.165, 1.54) is 71.4 Å². The van der Waals surface area contributed by atoms with Gasteiger partial charge in [0.25, 0.3) is 0 Å². The molecule has 1 heterocycles. The third kappa shape index (κ3) is 3.35. The van der Waals surface area contributed by atoms with Crippen molar-refractivity contribution in [2.24, 2.45) is 0 Å². The monoisotopic (exact) mass is 586 g/mol. The number of benzene rings is 8. The van der Waals surface area contributed by atoms with Crippen molar-refractivity contribution in [3.63, 3.8) is 0 Å². The number of furan rings is 1. The Kier molecular flexibility index (Phi) is 5.12. The van der Waals surface area contributed by atoms with Gasteiger partial charge in [0.05, 0.1) is 0 Å². The molecular formula is C45H30O. The van der Waals surface area contributed by atoms with Gasteiger partial charge in [-0.3, -0.25) is 0 Å². The molecule has 8 aromatic carbocycles. The van der Waals surface area contributed by atoms with Crippen molar-refractivity contribution < 1.29 is 4.42 Å². The van der Waals surface area contributed by atoms with Crippen LogP contribution in [0.1, 0.15) is 25.0 Å². The van der Waals surface area contributed by atoms with Gasteiger partial charge in [-0.25, -0.2) is 0 Å². The molecule has 9 aromatic rings. The van der Waals surface area contributed by atoms with Crippen LogP contribution in [0, 0.1) is 0 Å². The number of para-hydroxylation sites is 1. The second-order valence-corrected chi connectivity index (χ2v) is 13.2. The minimum atomic E-state index is -0.0158. The van der Waals surface area contributed by atoms with E-state index in [0.29, 0.717) is 0 Å². The topological polar surface area (TPSA) is 13.1 Å². The van der Waals surface area contributed by atoms with E-state index in [-0.39, 0.29) is 5.41 Å². The molecular weight excluding hydrogens is 556 g/mol. The Morgan fingerprint density at radius 2 is 0.935 bits per heavy atom. The second-order valence-electron chi connectivity index (χ2n) is 13.2. The summed E-state index contributed by atoms with van der Waals surface area (Å²) in [4.78, 5) is 0. The largest absolute Gasteiger partial charge is 0.455 e. The van der Waals surface area contributed by atoms with Crippen molar-refractivity contribution in [1.29, 1.82) is 0 Å². The van der Waals surface area contributed by atoms with Crippen LogP contribution in [-0.4, -0.2) is 0 Å². The van der Waals surface area contributed by atoms with E-state index in [4.69, 9.17) is 4.42 Å². The van der Waals surface area contributed by atoms with E-state index >= 15 is 0 Å². The van der Waals surface area contributed by atoms with E-state index < -0.39 is 0 Å². The molecule has 1 nitrogen and oxygen atoms in total. The molecule has 0 unspecified atom stereocenters. The lowest BCUT2D eigenvalue weighted by atomic mass is 9.81. The van der Waals surface area contributed by atoms with Crippen LogP contribution < -0.4 is 0 Å². The van der Waals surface area contributed by atoms with Crippen molar-refractivity contribution in [2.75, 3.05) is 0 Å². The third-order valence-corrected chi connectivity index (χ3v) is 10.5. The zero-order valence-electron chi connectivity index (χ0n) is 25.8. The highest BCUT2D eigenvalue weighted by molar-refractivity contribution is 6.25. The first-order valence-corrected chi connectivity index (χ1v) is 16.1. The summed E-state index contributed by atoms with van der Waals surface area (Å²) in [5, 5.41) is 9.71. The van der Waals surface area contributed by atoms with Gasteiger partial charge in [-0.1, -0.05) is 141 Å². The first-order valence-electron chi connectivity index (χ1n) is 16.1. The summed E-state index contributed by atoms with van der Waals surface area (Å²) < 4.78 is 6.48. The zero-order valence-corrected chi connectivity index (χ0v) is 25.8. The molecule has 0 aliphatic heterocycles. The molecule has 1 aromatic heterocycles. The van der Waals surface area contributed by atoms with Crippen molar-refractivity contribution >= 4 is 54.3 Å². The predicted molar refractivity (Wildman–Crippen MR) is 195 cm³/mol. The lowest BCUT2D eigenvalue weighted by Gasteiger charge is -2.22. The van der Waals surface area contributed by atoms with Crippen LogP contribution in [0.25, 0.3) is 87.6 Å². The van der Waals surface area contributed by atoms with Crippen LogP contribution >= 0.6 is 0 Å². The quantitative estimate of drug-likeness (QED) is 0.184. The van der Waals surface area contributed by atoms with E-state index in [9.17, 15) is 0 Å². The Bertz CT molecular complexity index is 2660. The van der Waals surface area contributed by atoms with Gasteiger partial charge in [0.15, 0.2) is 0 Å². The second kappa shape index (κ2) is 9.19. The van der Waals surface area contributed by atoms with Gasteiger partial charge in [0.1, 0.15) is 11.2 Å². The number of fused-ring (bicyclic) bond motifs is 10. The van der Waals surface area contributed by atoms with E-state index in [0.717, 1.165) is 27.3 Å². The van der Waals surface area contributed by atoms with Crippen LogP contribution in [0.15, 0.2) is 150 Å². The molecule has 0 N–H and O–H groups in total. The van der Waals surface area contributed by atoms with Gasteiger partial charge >= 0.3 is 0 Å². The van der Waals surface area contributed by atoms with Gasteiger partial charge in [-0.2, -0.15) is 0 Å². The summed E-state index contributed by atoms with van der Waals surface area (Å²) in [6, 6.07) is 53.5. The molecule has 1 heteroatoms. The first-order chi connectivity index (χ1) is 22.6. The average Bonchev–Trinajstić information content (AvgIpc) is 3.59. The van der Waals surface area contributed by atoms with Crippen LogP contribution in [0.3, 0.4) is 0 Å². The third-order valence-electron chi connectivity index (χ3n) is 10.5. The summed E-state index contributed by atoms with van der Waals surface area (Å²) in [6.45, 7) is 4.69. The molecule has 0 amide bonds. The summed E-state index contributed by atoms with van der Waals surface area (Å²) in [6.07, 6.45) is 0. The number of hydrogen-bond donors (Lipinski definition) is 0. The Labute approximate surface area is 267 Å². The molecule has 0 atom stereocenters. The molecule has 0 spiro atoms. The van der Waals surface area contributed by atoms with E-state index in [1.54, 1.807) is 0 Å². The minimum absolute atomic E-state index is 0.0158. The maximum Gasteiger partial charge on any atom is 0.143 e. The molecule has 0 radical (unpaired) electrons. The van der Waals surface area contributed by atoms with E-state index in [1.807, 2.05) is 6.07 Å². The Hall–Kier alpha value is -5.66. The van der Waals surface area contributed by atoms with Gasteiger partial charge in [-0.15, -0.1) is 0 Å². The minimum Gasteiger partial charge on any atom is -0.455 e. The lowest BCUT2D eigenvalue weighted by Crippen LogP contribution is -2.14. The summed E-state index contributed by atoms with van der Waals surface area (Å²) in [5.41, 5.74) is 12.4. The zero-order chi connectivity index (χ0) is 30.6. The SMILES string of the molecule is CC1(C)c2ccccc2-c2cc(-c3c4ccccc4c(-c4cccc5c4ccc4c6ccccc6oc54)c4ccccc34)ccc21. The normalized spacial score (nSPS) is 13.6.